The van der Waals surface area contributed by atoms with E-state index in [0.29, 0.717) is 34.5 Å². The van der Waals surface area contributed by atoms with Gasteiger partial charge in [-0.25, -0.2) is 0 Å². The number of aliphatic hydroxyl groups is 1. The largest absolute Gasteiger partial charge is 0.458 e. The quantitative estimate of drug-likeness (QED) is 0.530. The molecule has 0 bridgehead atoms. The van der Waals surface area contributed by atoms with Gasteiger partial charge in [-0.3, -0.25) is 10.1 Å². The molecule has 6 aliphatic rings. The van der Waals surface area contributed by atoms with Crippen LogP contribution in [0.15, 0.2) is 0 Å². The Kier molecular flexibility index (Phi) is 5.53. The Balaban J connectivity index is 1.27. The van der Waals surface area contributed by atoms with Crippen molar-refractivity contribution in [3.05, 3.63) is 0 Å². The van der Waals surface area contributed by atoms with Crippen molar-refractivity contribution >= 4 is 5.97 Å². The molecule has 34 heavy (non-hydrogen) atoms. The number of aliphatic hydroxyl groups excluding tert-OH is 1. The lowest BCUT2D eigenvalue weighted by Gasteiger charge is -2.61. The molecule has 6 fully saturated rings. The minimum absolute atomic E-state index is 0.0735. The van der Waals surface area contributed by atoms with Crippen molar-refractivity contribution in [3.63, 3.8) is 0 Å². The van der Waals surface area contributed by atoms with Crippen molar-refractivity contribution in [3.8, 4) is 0 Å². The van der Waals surface area contributed by atoms with Gasteiger partial charge in [-0.1, -0.05) is 27.7 Å². The summed E-state index contributed by atoms with van der Waals surface area (Å²) in [5, 5.41) is 14.1. The molecule has 2 saturated heterocycles. The number of piperidine rings is 1. The molecule has 0 aromatic rings. The maximum Gasteiger partial charge on any atom is 0.303 e. The molecular formula is C29H47NO4. The highest BCUT2D eigenvalue weighted by molar-refractivity contribution is 5.66. The Morgan fingerprint density at radius 3 is 2.53 bits per heavy atom. The van der Waals surface area contributed by atoms with Crippen LogP contribution in [0.3, 0.4) is 0 Å². The molecule has 0 aromatic carbocycles. The van der Waals surface area contributed by atoms with Crippen LogP contribution in [-0.4, -0.2) is 41.7 Å². The molecule has 2 N–H and O–H groups in total. The van der Waals surface area contributed by atoms with Crippen LogP contribution in [0.4, 0.5) is 0 Å². The summed E-state index contributed by atoms with van der Waals surface area (Å²) in [4.78, 5) is 12.0. The lowest BCUT2D eigenvalue weighted by molar-refractivity contribution is -0.201. The first-order valence-electron chi connectivity index (χ1n) is 14.4. The summed E-state index contributed by atoms with van der Waals surface area (Å²) in [5.41, 5.74) is 0.190. The highest BCUT2D eigenvalue weighted by Gasteiger charge is 2.70. The van der Waals surface area contributed by atoms with Crippen LogP contribution >= 0.6 is 0 Å². The number of fused-ring (bicyclic) bond motifs is 7. The maximum atomic E-state index is 12.0. The van der Waals surface area contributed by atoms with E-state index in [1.165, 1.54) is 45.4 Å². The summed E-state index contributed by atoms with van der Waals surface area (Å²) in [6.07, 6.45) is 10.5. The fraction of sp³-hybridized carbons (Fsp3) is 0.966. The first-order chi connectivity index (χ1) is 16.1. The number of rotatable bonds is 1. The van der Waals surface area contributed by atoms with E-state index in [-0.39, 0.29) is 24.3 Å². The number of hydrogen-bond acceptors (Lipinski definition) is 5. The molecule has 5 heteroatoms. The molecule has 2 aliphatic heterocycles. The minimum Gasteiger partial charge on any atom is -0.458 e. The normalized spacial score (nSPS) is 58.5. The first-order valence-corrected chi connectivity index (χ1v) is 14.4. The number of ether oxygens (including phenoxy) is 2. The van der Waals surface area contributed by atoms with Crippen LogP contribution in [0.1, 0.15) is 92.4 Å². The predicted molar refractivity (Wildman–Crippen MR) is 131 cm³/mol. The Labute approximate surface area is 206 Å². The second kappa shape index (κ2) is 7.92. The van der Waals surface area contributed by atoms with Crippen molar-refractivity contribution in [2.24, 2.45) is 52.3 Å². The second-order valence-corrected chi connectivity index (χ2v) is 13.9. The molecular weight excluding hydrogens is 426 g/mol. The average Bonchev–Trinajstić information content (AvgIpc) is 3.22. The smallest absolute Gasteiger partial charge is 0.303 e. The number of carbonyl (C=O) groups is 1. The monoisotopic (exact) mass is 473 g/mol. The van der Waals surface area contributed by atoms with Crippen LogP contribution in [-0.2, 0) is 14.3 Å². The average molecular weight is 474 g/mol. The Morgan fingerprint density at radius 1 is 1.00 bits per heavy atom. The summed E-state index contributed by atoms with van der Waals surface area (Å²) in [5.74, 6) is 4.20. The molecule has 1 spiro atoms. The zero-order chi connectivity index (χ0) is 24.0. The summed E-state index contributed by atoms with van der Waals surface area (Å²) in [7, 11) is 0. The third-order valence-corrected chi connectivity index (χ3v) is 12.4. The molecule has 4 saturated carbocycles. The molecule has 13 atom stereocenters. The lowest BCUT2D eigenvalue weighted by atomic mass is 9.44. The topological polar surface area (TPSA) is 67.8 Å². The van der Waals surface area contributed by atoms with Crippen LogP contribution in [0, 0.1) is 52.3 Å². The van der Waals surface area contributed by atoms with E-state index in [1.54, 1.807) is 0 Å². The lowest BCUT2D eigenvalue weighted by Crippen LogP contribution is -2.65. The molecule has 2 heterocycles. The van der Waals surface area contributed by atoms with E-state index >= 15 is 0 Å². The van der Waals surface area contributed by atoms with Crippen LogP contribution in [0.5, 0.6) is 0 Å². The number of nitrogens with one attached hydrogen (secondary N) is 1. The van der Waals surface area contributed by atoms with Gasteiger partial charge in [0.25, 0.3) is 0 Å². The van der Waals surface area contributed by atoms with Gasteiger partial charge in [-0.15, -0.1) is 0 Å². The molecule has 192 valence electrons. The van der Waals surface area contributed by atoms with Gasteiger partial charge in [-0.2, -0.15) is 0 Å². The zero-order valence-corrected chi connectivity index (χ0v) is 22.0. The van der Waals surface area contributed by atoms with Crippen molar-refractivity contribution in [2.75, 3.05) is 6.54 Å². The summed E-state index contributed by atoms with van der Waals surface area (Å²) >= 11 is 0. The molecule has 6 rings (SSSR count). The van der Waals surface area contributed by atoms with Crippen molar-refractivity contribution in [2.45, 2.75) is 116 Å². The molecule has 4 aliphatic carbocycles. The van der Waals surface area contributed by atoms with Crippen LogP contribution in [0.25, 0.3) is 0 Å². The molecule has 0 radical (unpaired) electrons. The van der Waals surface area contributed by atoms with Crippen molar-refractivity contribution in [1.82, 2.24) is 5.32 Å². The molecule has 0 amide bonds. The van der Waals surface area contributed by atoms with E-state index in [2.05, 4.69) is 33.0 Å². The Bertz CT molecular complexity index is 833. The van der Waals surface area contributed by atoms with E-state index in [4.69, 9.17) is 9.47 Å². The van der Waals surface area contributed by atoms with E-state index in [0.717, 1.165) is 43.6 Å². The van der Waals surface area contributed by atoms with E-state index in [9.17, 15) is 9.90 Å². The van der Waals surface area contributed by atoms with Gasteiger partial charge in [0.1, 0.15) is 6.10 Å². The molecule has 5 nitrogen and oxygen atoms in total. The van der Waals surface area contributed by atoms with Crippen molar-refractivity contribution < 1.29 is 19.4 Å². The number of esters is 1. The van der Waals surface area contributed by atoms with Gasteiger partial charge in [0.05, 0.1) is 12.2 Å². The van der Waals surface area contributed by atoms with Gasteiger partial charge >= 0.3 is 5.97 Å². The van der Waals surface area contributed by atoms with Crippen LogP contribution in [0.2, 0.25) is 0 Å². The fourth-order valence-corrected chi connectivity index (χ4v) is 10.9. The van der Waals surface area contributed by atoms with Crippen LogP contribution < -0.4 is 5.32 Å². The second-order valence-electron chi connectivity index (χ2n) is 13.9. The summed E-state index contributed by atoms with van der Waals surface area (Å²) in [6, 6.07) is 0. The van der Waals surface area contributed by atoms with Gasteiger partial charge in [-0.05, 0) is 104 Å². The zero-order valence-electron chi connectivity index (χ0n) is 22.0. The third-order valence-electron chi connectivity index (χ3n) is 12.4. The van der Waals surface area contributed by atoms with E-state index in [1.807, 2.05) is 0 Å². The summed E-state index contributed by atoms with van der Waals surface area (Å²) in [6.45, 7) is 12.2. The van der Waals surface area contributed by atoms with E-state index < -0.39 is 5.72 Å². The predicted octanol–water partition coefficient (Wildman–Crippen LogP) is 4.91. The van der Waals surface area contributed by atoms with Gasteiger partial charge in [0.15, 0.2) is 5.72 Å². The SMILES string of the molecule is CC(=O)O[C@H]1C[C@@H](C)CN[C@@]12O[C@H]1C[C@H]3[C@@H]4CC[C@H]5C[C@@H](O)CC[C@]5(C)[C@H]4CC[C@]3(C)[C@H]1[C@@H]2C. The standard InChI is InChI=1S/C29H47NO4/c1-16-12-25(33-18(3)31)29(30-15-16)17(2)26-24(34-29)14-23-21-7-6-19-13-20(32)8-10-27(19,4)22(21)9-11-28(23,26)5/h16-17,19-26,30,32H,6-15H2,1-5H3/t16-,17+,19+,20+,21-,22+,23+,24+,25+,26+,27+,28+,29+/m1/s1. The Hall–Kier alpha value is -0.650. The van der Waals surface area contributed by atoms with Crippen molar-refractivity contribution in [1.29, 1.82) is 0 Å². The third kappa shape index (κ3) is 3.18. The highest BCUT2D eigenvalue weighted by Crippen LogP contribution is 2.71. The first kappa shape index (κ1) is 23.7. The summed E-state index contributed by atoms with van der Waals surface area (Å²) < 4.78 is 13.0. The maximum absolute atomic E-state index is 12.0. The minimum atomic E-state index is -0.526. The molecule has 0 aromatic heterocycles. The highest BCUT2D eigenvalue weighted by atomic mass is 16.6. The number of carbonyl (C=O) groups excluding carboxylic acids is 1. The van der Waals surface area contributed by atoms with Gasteiger partial charge < -0.3 is 14.6 Å². The van der Waals surface area contributed by atoms with Gasteiger partial charge in [0, 0.05) is 19.4 Å². The number of hydrogen-bond donors (Lipinski definition) is 2. The van der Waals surface area contributed by atoms with Gasteiger partial charge in [0.2, 0.25) is 0 Å². The molecule has 0 unspecified atom stereocenters. The fourth-order valence-electron chi connectivity index (χ4n) is 10.9. The Morgan fingerprint density at radius 2 is 1.76 bits per heavy atom.